The Morgan fingerprint density at radius 3 is 2.50 bits per heavy atom. The molecule has 14 heavy (non-hydrogen) atoms. The standard InChI is InChI=1S/C12H21NO/c1-5-6-12(3,4)11(2)13-7-9-14-10-8-13/h5H,1-2,6-10H2,3-4H3. The van der Waals surface area contributed by atoms with Crippen molar-refractivity contribution in [3.05, 3.63) is 24.9 Å². The minimum Gasteiger partial charge on any atom is -0.378 e. The van der Waals surface area contributed by atoms with Crippen molar-refractivity contribution in [3.63, 3.8) is 0 Å². The Morgan fingerprint density at radius 1 is 1.43 bits per heavy atom. The molecule has 0 unspecified atom stereocenters. The van der Waals surface area contributed by atoms with E-state index in [1.165, 1.54) is 5.70 Å². The molecular formula is C12H21NO. The lowest BCUT2D eigenvalue weighted by atomic mass is 9.85. The summed E-state index contributed by atoms with van der Waals surface area (Å²) in [6, 6.07) is 0. The van der Waals surface area contributed by atoms with Gasteiger partial charge in [-0.05, 0) is 6.42 Å². The van der Waals surface area contributed by atoms with Gasteiger partial charge < -0.3 is 9.64 Å². The van der Waals surface area contributed by atoms with Crippen LogP contribution in [0.15, 0.2) is 24.9 Å². The van der Waals surface area contributed by atoms with Crippen molar-refractivity contribution in [3.8, 4) is 0 Å². The Balaban J connectivity index is 2.57. The molecule has 1 rings (SSSR count). The molecule has 0 aromatic rings. The topological polar surface area (TPSA) is 12.5 Å². The third-order valence-electron chi connectivity index (χ3n) is 2.83. The molecule has 0 bridgehead atoms. The molecule has 0 aliphatic carbocycles. The average molecular weight is 195 g/mol. The van der Waals surface area contributed by atoms with Gasteiger partial charge in [0.1, 0.15) is 0 Å². The first-order valence-electron chi connectivity index (χ1n) is 5.21. The van der Waals surface area contributed by atoms with Crippen molar-refractivity contribution in [1.29, 1.82) is 0 Å². The van der Waals surface area contributed by atoms with Crippen molar-refractivity contribution in [2.75, 3.05) is 26.3 Å². The molecule has 1 aliphatic heterocycles. The minimum atomic E-state index is 0.124. The molecule has 0 aromatic heterocycles. The highest BCUT2D eigenvalue weighted by Crippen LogP contribution is 2.31. The zero-order valence-electron chi connectivity index (χ0n) is 9.38. The van der Waals surface area contributed by atoms with Gasteiger partial charge in [-0.25, -0.2) is 0 Å². The summed E-state index contributed by atoms with van der Waals surface area (Å²) in [6.45, 7) is 16.0. The average Bonchev–Trinajstić information content (AvgIpc) is 2.18. The van der Waals surface area contributed by atoms with Gasteiger partial charge in [-0.15, -0.1) is 6.58 Å². The fraction of sp³-hybridized carbons (Fsp3) is 0.667. The van der Waals surface area contributed by atoms with Crippen LogP contribution in [0.25, 0.3) is 0 Å². The van der Waals surface area contributed by atoms with Crippen LogP contribution in [0.2, 0.25) is 0 Å². The first kappa shape index (κ1) is 11.3. The Morgan fingerprint density at radius 2 is 2.00 bits per heavy atom. The van der Waals surface area contributed by atoms with Crippen LogP contribution in [0.3, 0.4) is 0 Å². The maximum atomic E-state index is 5.32. The summed E-state index contributed by atoms with van der Waals surface area (Å²) in [5.41, 5.74) is 1.33. The highest BCUT2D eigenvalue weighted by atomic mass is 16.5. The largest absolute Gasteiger partial charge is 0.378 e. The first-order chi connectivity index (χ1) is 6.58. The second kappa shape index (κ2) is 4.65. The molecule has 0 N–H and O–H groups in total. The zero-order chi connectivity index (χ0) is 10.6. The number of allylic oxidation sites excluding steroid dienone is 2. The number of nitrogens with zero attached hydrogens (tertiary/aromatic N) is 1. The van der Waals surface area contributed by atoms with Crippen molar-refractivity contribution in [2.24, 2.45) is 5.41 Å². The Hall–Kier alpha value is -0.760. The molecule has 2 nitrogen and oxygen atoms in total. The molecule has 2 heteroatoms. The van der Waals surface area contributed by atoms with E-state index >= 15 is 0 Å². The van der Waals surface area contributed by atoms with Gasteiger partial charge in [-0.1, -0.05) is 26.5 Å². The van der Waals surface area contributed by atoms with Crippen molar-refractivity contribution < 1.29 is 4.74 Å². The van der Waals surface area contributed by atoms with E-state index in [1.54, 1.807) is 0 Å². The van der Waals surface area contributed by atoms with Crippen LogP contribution < -0.4 is 0 Å². The van der Waals surface area contributed by atoms with Crippen LogP contribution in [0.4, 0.5) is 0 Å². The highest BCUT2D eigenvalue weighted by molar-refractivity contribution is 5.08. The van der Waals surface area contributed by atoms with Gasteiger partial charge in [-0.3, -0.25) is 0 Å². The van der Waals surface area contributed by atoms with Crippen molar-refractivity contribution >= 4 is 0 Å². The summed E-state index contributed by atoms with van der Waals surface area (Å²) in [7, 11) is 0. The van der Waals surface area contributed by atoms with Crippen LogP contribution in [-0.4, -0.2) is 31.2 Å². The van der Waals surface area contributed by atoms with Gasteiger partial charge in [0.05, 0.1) is 13.2 Å². The second-order valence-corrected chi connectivity index (χ2v) is 4.42. The molecule has 0 atom stereocenters. The smallest absolute Gasteiger partial charge is 0.0642 e. The van der Waals surface area contributed by atoms with E-state index in [4.69, 9.17) is 4.74 Å². The lowest BCUT2D eigenvalue weighted by molar-refractivity contribution is 0.0440. The lowest BCUT2D eigenvalue weighted by Gasteiger charge is -2.38. The predicted molar refractivity (Wildman–Crippen MR) is 60.1 cm³/mol. The van der Waals surface area contributed by atoms with Crippen molar-refractivity contribution in [1.82, 2.24) is 4.90 Å². The molecule has 1 saturated heterocycles. The van der Waals surface area contributed by atoms with Crippen LogP contribution in [0, 0.1) is 5.41 Å². The quantitative estimate of drug-likeness (QED) is 0.639. The summed E-state index contributed by atoms with van der Waals surface area (Å²) in [5.74, 6) is 0. The number of hydrogen-bond donors (Lipinski definition) is 0. The molecule has 0 radical (unpaired) electrons. The lowest BCUT2D eigenvalue weighted by Crippen LogP contribution is -2.39. The number of ether oxygens (including phenoxy) is 1. The summed E-state index contributed by atoms with van der Waals surface area (Å²) in [4.78, 5) is 2.33. The van der Waals surface area contributed by atoms with Crippen molar-refractivity contribution in [2.45, 2.75) is 20.3 Å². The highest BCUT2D eigenvalue weighted by Gasteiger charge is 2.25. The van der Waals surface area contributed by atoms with E-state index in [0.29, 0.717) is 0 Å². The Labute approximate surface area is 87.2 Å². The maximum absolute atomic E-state index is 5.32. The van der Waals surface area contributed by atoms with E-state index in [2.05, 4.69) is 31.9 Å². The van der Waals surface area contributed by atoms with E-state index in [9.17, 15) is 0 Å². The van der Waals surface area contributed by atoms with Crippen LogP contribution in [0.5, 0.6) is 0 Å². The number of morpholine rings is 1. The summed E-state index contributed by atoms with van der Waals surface area (Å²) < 4.78 is 5.32. The van der Waals surface area contributed by atoms with E-state index in [1.807, 2.05) is 6.08 Å². The van der Waals surface area contributed by atoms with E-state index < -0.39 is 0 Å². The molecule has 0 amide bonds. The molecule has 1 fully saturated rings. The Bertz CT molecular complexity index is 214. The first-order valence-corrected chi connectivity index (χ1v) is 5.21. The van der Waals surface area contributed by atoms with E-state index in [0.717, 1.165) is 32.7 Å². The van der Waals surface area contributed by atoms with Gasteiger partial charge in [0.25, 0.3) is 0 Å². The minimum absolute atomic E-state index is 0.124. The molecule has 1 heterocycles. The number of rotatable bonds is 4. The van der Waals surface area contributed by atoms with Gasteiger partial charge in [0.15, 0.2) is 0 Å². The molecular weight excluding hydrogens is 174 g/mol. The van der Waals surface area contributed by atoms with Gasteiger partial charge in [-0.2, -0.15) is 0 Å². The van der Waals surface area contributed by atoms with Crippen LogP contribution in [-0.2, 0) is 4.74 Å². The Kier molecular flexibility index (Phi) is 3.76. The van der Waals surface area contributed by atoms with Gasteiger partial charge >= 0.3 is 0 Å². The molecule has 80 valence electrons. The van der Waals surface area contributed by atoms with Gasteiger partial charge in [0, 0.05) is 24.2 Å². The fourth-order valence-corrected chi connectivity index (χ4v) is 1.74. The van der Waals surface area contributed by atoms with Crippen LogP contribution in [0.1, 0.15) is 20.3 Å². The summed E-state index contributed by atoms with van der Waals surface area (Å²) in [5, 5.41) is 0. The van der Waals surface area contributed by atoms with E-state index in [-0.39, 0.29) is 5.41 Å². The molecule has 0 saturated carbocycles. The maximum Gasteiger partial charge on any atom is 0.0642 e. The summed E-state index contributed by atoms with van der Waals surface area (Å²) >= 11 is 0. The molecule has 0 aromatic carbocycles. The fourth-order valence-electron chi connectivity index (χ4n) is 1.74. The second-order valence-electron chi connectivity index (χ2n) is 4.42. The zero-order valence-corrected chi connectivity index (χ0v) is 9.38. The van der Waals surface area contributed by atoms with Crippen LogP contribution >= 0.6 is 0 Å². The third-order valence-corrected chi connectivity index (χ3v) is 2.83. The molecule has 1 aliphatic rings. The normalized spacial score (nSPS) is 18.0. The predicted octanol–water partition coefficient (Wildman–Crippen LogP) is 2.43. The summed E-state index contributed by atoms with van der Waals surface area (Å²) in [6.07, 6.45) is 2.94. The molecule has 0 spiro atoms. The third kappa shape index (κ3) is 2.61. The SMILES string of the molecule is C=CCC(C)(C)C(=C)N1CCOCC1. The van der Waals surface area contributed by atoms with Gasteiger partial charge in [0.2, 0.25) is 0 Å². The monoisotopic (exact) mass is 195 g/mol. The number of hydrogen-bond acceptors (Lipinski definition) is 2.